The van der Waals surface area contributed by atoms with Crippen molar-refractivity contribution in [2.24, 2.45) is 4.40 Å². The molecule has 2 aliphatic rings. The van der Waals surface area contributed by atoms with Gasteiger partial charge in [-0.1, -0.05) is 0 Å². The third-order valence-corrected chi connectivity index (χ3v) is 4.95. The van der Waals surface area contributed by atoms with Crippen molar-refractivity contribution in [2.45, 2.75) is 31.7 Å². The Bertz CT molecular complexity index is 747. The monoisotopic (exact) mass is 364 g/mol. The van der Waals surface area contributed by atoms with Gasteiger partial charge >= 0.3 is 0 Å². The second-order valence-electron chi connectivity index (χ2n) is 6.56. The summed E-state index contributed by atoms with van der Waals surface area (Å²) in [6.07, 6.45) is 5.03. The highest BCUT2D eigenvalue weighted by Gasteiger charge is 2.22. The fourth-order valence-corrected chi connectivity index (χ4v) is 3.75. The van der Waals surface area contributed by atoms with Crippen LogP contribution >= 0.6 is 0 Å². The lowest BCUT2D eigenvalue weighted by Gasteiger charge is -2.20. The third-order valence-electron chi connectivity index (χ3n) is 4.45. The van der Waals surface area contributed by atoms with Crippen LogP contribution in [0.4, 0.5) is 5.69 Å². The third kappa shape index (κ3) is 4.79. The lowest BCUT2D eigenvalue weighted by Crippen LogP contribution is -2.35. The second kappa shape index (κ2) is 7.53. The Hall–Kier alpha value is -1.93. The number of benzene rings is 1. The summed E-state index contributed by atoms with van der Waals surface area (Å²) in [4.78, 5) is 14.1. The minimum absolute atomic E-state index is 0.0326. The molecule has 1 atom stereocenters. The largest absolute Gasteiger partial charge is 0.355 e. The summed E-state index contributed by atoms with van der Waals surface area (Å²) in [5.41, 5.74) is 1.44. The van der Waals surface area contributed by atoms with E-state index in [0.717, 1.165) is 57.1 Å². The van der Waals surface area contributed by atoms with E-state index in [9.17, 15) is 13.2 Å². The molecule has 0 aromatic heterocycles. The summed E-state index contributed by atoms with van der Waals surface area (Å²) in [6, 6.07) is 7.05. The smallest absolute Gasteiger partial charge is 0.252 e. The molecule has 0 spiro atoms. The quantitative estimate of drug-likeness (QED) is 0.618. The number of carbonyl (C=O) groups excluding carboxylic acids is 1. The number of rotatable bonds is 4. The lowest BCUT2D eigenvalue weighted by molar-refractivity contribution is -0.117. The summed E-state index contributed by atoms with van der Waals surface area (Å²) in [6.45, 7) is 2.48. The first-order valence-electron chi connectivity index (χ1n) is 8.62. The van der Waals surface area contributed by atoms with Gasteiger partial charge in [-0.3, -0.25) is 4.79 Å². The van der Waals surface area contributed by atoms with Gasteiger partial charge in [-0.25, -0.2) is 8.42 Å². The Balaban J connectivity index is 1.76. The Morgan fingerprint density at radius 3 is 2.44 bits per heavy atom. The maximum absolute atomic E-state index is 12.1. The Morgan fingerprint density at radius 2 is 1.88 bits per heavy atom. The van der Waals surface area contributed by atoms with Crippen LogP contribution in [0.5, 0.6) is 0 Å². The lowest BCUT2D eigenvalue weighted by atomic mass is 10.1. The summed E-state index contributed by atoms with van der Waals surface area (Å²) in [7, 11) is -3.48. The van der Waals surface area contributed by atoms with E-state index in [1.165, 1.54) is 0 Å². The number of likely N-dealkylation sites (tertiary alicyclic amines) is 1. The van der Waals surface area contributed by atoms with Crippen LogP contribution in [0.3, 0.4) is 0 Å². The minimum atomic E-state index is -3.48. The standard InChI is InChI=1S/C17H24N4O3S/c1-25(23,24)20-16(21-11-2-3-12-21)13-6-8-14(9-7-13)19-17(22)15-5-4-10-18-15/h6-9,15,18H,2-5,10-12H2,1H3,(H,19,22). The van der Waals surface area contributed by atoms with Gasteiger partial charge in [0.25, 0.3) is 10.0 Å². The molecule has 8 heteroatoms. The molecule has 2 N–H and O–H groups in total. The molecule has 7 nitrogen and oxygen atoms in total. The van der Waals surface area contributed by atoms with Crippen molar-refractivity contribution in [2.75, 3.05) is 31.2 Å². The number of nitrogens with zero attached hydrogens (tertiary/aromatic N) is 2. The molecule has 1 amide bonds. The Morgan fingerprint density at radius 1 is 1.20 bits per heavy atom. The summed E-state index contributed by atoms with van der Waals surface area (Å²) >= 11 is 0. The van der Waals surface area contributed by atoms with Crippen molar-refractivity contribution < 1.29 is 13.2 Å². The molecule has 1 aromatic carbocycles. The molecule has 0 radical (unpaired) electrons. The van der Waals surface area contributed by atoms with Gasteiger partial charge in [-0.05, 0) is 56.5 Å². The van der Waals surface area contributed by atoms with Gasteiger partial charge in [0.1, 0.15) is 5.84 Å². The van der Waals surface area contributed by atoms with Crippen molar-refractivity contribution in [1.82, 2.24) is 10.2 Å². The Labute approximate surface area is 148 Å². The van der Waals surface area contributed by atoms with Crippen LogP contribution in [0, 0.1) is 0 Å². The van der Waals surface area contributed by atoms with E-state index in [4.69, 9.17) is 0 Å². The summed E-state index contributed by atoms with van der Waals surface area (Å²) in [5, 5.41) is 6.06. The maximum atomic E-state index is 12.1. The highest BCUT2D eigenvalue weighted by atomic mass is 32.2. The van der Waals surface area contributed by atoms with Gasteiger partial charge in [0.05, 0.1) is 12.3 Å². The zero-order valence-electron chi connectivity index (χ0n) is 14.4. The number of hydrogen-bond donors (Lipinski definition) is 2. The average molecular weight is 364 g/mol. The molecule has 2 saturated heterocycles. The second-order valence-corrected chi connectivity index (χ2v) is 8.21. The number of anilines is 1. The van der Waals surface area contributed by atoms with Crippen LogP contribution in [-0.2, 0) is 14.8 Å². The molecule has 1 aromatic rings. The number of nitrogens with one attached hydrogen (secondary N) is 2. The van der Waals surface area contributed by atoms with Crippen molar-refractivity contribution in [3.8, 4) is 0 Å². The first kappa shape index (κ1) is 17.9. The zero-order chi connectivity index (χ0) is 17.9. The van der Waals surface area contributed by atoms with Gasteiger partial charge in [0, 0.05) is 24.3 Å². The number of carbonyl (C=O) groups is 1. The van der Waals surface area contributed by atoms with E-state index in [-0.39, 0.29) is 11.9 Å². The SMILES string of the molecule is CS(=O)(=O)N=C(c1ccc(NC(=O)C2CCCN2)cc1)N1CCCC1. The van der Waals surface area contributed by atoms with Gasteiger partial charge in [0.2, 0.25) is 5.91 Å². The first-order valence-corrected chi connectivity index (χ1v) is 10.5. The molecule has 2 fully saturated rings. The van der Waals surface area contributed by atoms with Crippen LogP contribution in [0.15, 0.2) is 28.7 Å². The fourth-order valence-electron chi connectivity index (χ4n) is 3.22. The van der Waals surface area contributed by atoms with E-state index in [0.29, 0.717) is 11.5 Å². The van der Waals surface area contributed by atoms with Gasteiger partial charge in [-0.2, -0.15) is 0 Å². The van der Waals surface area contributed by atoms with E-state index in [1.807, 2.05) is 4.90 Å². The van der Waals surface area contributed by atoms with Crippen LogP contribution < -0.4 is 10.6 Å². The van der Waals surface area contributed by atoms with E-state index in [2.05, 4.69) is 15.0 Å². The van der Waals surface area contributed by atoms with Crippen molar-refractivity contribution >= 4 is 27.5 Å². The predicted octanol–water partition coefficient (Wildman–Crippen LogP) is 1.18. The van der Waals surface area contributed by atoms with Gasteiger partial charge in [0.15, 0.2) is 0 Å². The van der Waals surface area contributed by atoms with E-state index < -0.39 is 10.0 Å². The predicted molar refractivity (Wildman–Crippen MR) is 98.3 cm³/mol. The number of amidine groups is 1. The molecule has 0 bridgehead atoms. The molecule has 3 rings (SSSR count). The minimum Gasteiger partial charge on any atom is -0.355 e. The summed E-state index contributed by atoms with van der Waals surface area (Å²) in [5.74, 6) is 0.449. The molecule has 25 heavy (non-hydrogen) atoms. The normalized spacial score (nSPS) is 21.6. The fraction of sp³-hybridized carbons (Fsp3) is 0.529. The molecule has 0 aliphatic carbocycles. The highest BCUT2D eigenvalue weighted by Crippen LogP contribution is 2.18. The maximum Gasteiger partial charge on any atom is 0.252 e. The van der Waals surface area contributed by atoms with Crippen LogP contribution in [0.25, 0.3) is 0 Å². The molecular formula is C17H24N4O3S. The van der Waals surface area contributed by atoms with Crippen LogP contribution in [0.2, 0.25) is 0 Å². The van der Waals surface area contributed by atoms with Gasteiger partial charge in [-0.15, -0.1) is 4.40 Å². The number of hydrogen-bond acceptors (Lipinski definition) is 4. The molecule has 136 valence electrons. The van der Waals surface area contributed by atoms with E-state index in [1.54, 1.807) is 24.3 Å². The molecule has 0 saturated carbocycles. The average Bonchev–Trinajstić information content (AvgIpc) is 3.26. The van der Waals surface area contributed by atoms with Crippen molar-refractivity contribution in [3.05, 3.63) is 29.8 Å². The zero-order valence-corrected chi connectivity index (χ0v) is 15.2. The highest BCUT2D eigenvalue weighted by molar-refractivity contribution is 7.89. The molecule has 2 aliphatic heterocycles. The van der Waals surface area contributed by atoms with Crippen molar-refractivity contribution in [3.63, 3.8) is 0 Å². The number of sulfonamides is 1. The first-order chi connectivity index (χ1) is 11.9. The molecule has 1 unspecified atom stereocenters. The van der Waals surface area contributed by atoms with Crippen LogP contribution in [-0.4, -0.2) is 57.0 Å². The van der Waals surface area contributed by atoms with Gasteiger partial charge < -0.3 is 15.5 Å². The molecule has 2 heterocycles. The van der Waals surface area contributed by atoms with E-state index >= 15 is 0 Å². The Kier molecular flexibility index (Phi) is 5.39. The van der Waals surface area contributed by atoms with Crippen LogP contribution in [0.1, 0.15) is 31.2 Å². The van der Waals surface area contributed by atoms with Crippen molar-refractivity contribution in [1.29, 1.82) is 0 Å². The number of amides is 1. The topological polar surface area (TPSA) is 90.9 Å². The summed E-state index contributed by atoms with van der Waals surface area (Å²) < 4.78 is 27.2. The molecular weight excluding hydrogens is 340 g/mol.